The average molecular weight is 379 g/mol. The van der Waals surface area contributed by atoms with Crippen LogP contribution in [0.5, 0.6) is 0 Å². The van der Waals surface area contributed by atoms with Crippen molar-refractivity contribution in [1.29, 1.82) is 0 Å². The minimum absolute atomic E-state index is 0.0459. The number of aromatic nitrogens is 2. The van der Waals surface area contributed by atoms with E-state index < -0.39 is 11.7 Å². The molecule has 1 atom stereocenters. The molecule has 1 amide bonds. The van der Waals surface area contributed by atoms with E-state index in [0.29, 0.717) is 38.9 Å². The summed E-state index contributed by atoms with van der Waals surface area (Å²) in [5, 5.41) is 4.05. The lowest BCUT2D eigenvalue weighted by atomic mass is 9.89. The van der Waals surface area contributed by atoms with Gasteiger partial charge in [-0.3, -0.25) is 14.3 Å². The Hall–Kier alpha value is -2.64. The van der Waals surface area contributed by atoms with E-state index in [1.54, 1.807) is 28.0 Å². The number of Topliss-reactive ketones (excluding diaryl/α,β-unsaturated/α-hetero) is 1. The molecule has 1 unspecified atom stereocenters. The fourth-order valence-corrected chi connectivity index (χ4v) is 3.28. The van der Waals surface area contributed by atoms with Crippen molar-refractivity contribution in [2.75, 3.05) is 13.1 Å². The Labute approximate surface area is 154 Å². The molecular formula is C19H20F3N3O2. The summed E-state index contributed by atoms with van der Waals surface area (Å²) >= 11 is 0. The standard InChI is InChI=1S/C19H20F3N3O2/c20-19(21,22)16-6-4-14(5-7-16)18(27)15-3-1-10-24(13-15)17(26)8-12-25-11-2-9-23-25/h2,4-7,9,11,15H,1,3,8,10,12-13H2. The van der Waals surface area contributed by atoms with Gasteiger partial charge in [-0.15, -0.1) is 0 Å². The highest BCUT2D eigenvalue weighted by molar-refractivity contribution is 5.98. The van der Waals surface area contributed by atoms with E-state index in [-0.39, 0.29) is 23.2 Å². The number of halogens is 3. The van der Waals surface area contributed by atoms with E-state index >= 15 is 0 Å². The van der Waals surface area contributed by atoms with Crippen molar-refractivity contribution < 1.29 is 22.8 Å². The quantitative estimate of drug-likeness (QED) is 0.748. The third-order valence-corrected chi connectivity index (χ3v) is 4.76. The first-order chi connectivity index (χ1) is 12.8. The summed E-state index contributed by atoms with van der Waals surface area (Å²) in [5.41, 5.74) is -0.531. The summed E-state index contributed by atoms with van der Waals surface area (Å²) in [6.07, 6.45) is 0.616. The van der Waals surface area contributed by atoms with Crippen molar-refractivity contribution >= 4 is 11.7 Å². The van der Waals surface area contributed by atoms with Gasteiger partial charge in [0, 0.05) is 49.9 Å². The van der Waals surface area contributed by atoms with Gasteiger partial charge >= 0.3 is 6.18 Å². The van der Waals surface area contributed by atoms with Crippen molar-refractivity contribution in [3.63, 3.8) is 0 Å². The molecule has 1 aliphatic rings. The summed E-state index contributed by atoms with van der Waals surface area (Å²) in [6, 6.07) is 6.05. The Morgan fingerprint density at radius 2 is 1.93 bits per heavy atom. The first-order valence-corrected chi connectivity index (χ1v) is 8.81. The number of likely N-dealkylation sites (tertiary alicyclic amines) is 1. The van der Waals surface area contributed by atoms with Crippen LogP contribution in [0.15, 0.2) is 42.7 Å². The maximum Gasteiger partial charge on any atom is 0.416 e. The van der Waals surface area contributed by atoms with Crippen LogP contribution in [0.2, 0.25) is 0 Å². The number of carbonyl (C=O) groups is 2. The Morgan fingerprint density at radius 1 is 1.19 bits per heavy atom. The smallest absolute Gasteiger partial charge is 0.342 e. The second-order valence-corrected chi connectivity index (χ2v) is 6.64. The minimum Gasteiger partial charge on any atom is -0.342 e. The lowest BCUT2D eigenvalue weighted by Crippen LogP contribution is -2.42. The van der Waals surface area contributed by atoms with Gasteiger partial charge in [0.2, 0.25) is 5.91 Å². The number of amides is 1. The van der Waals surface area contributed by atoms with Crippen molar-refractivity contribution in [2.45, 2.75) is 32.0 Å². The first-order valence-electron chi connectivity index (χ1n) is 8.81. The van der Waals surface area contributed by atoms with Crippen molar-refractivity contribution in [2.24, 2.45) is 5.92 Å². The van der Waals surface area contributed by atoms with Gasteiger partial charge in [0.15, 0.2) is 5.78 Å². The lowest BCUT2D eigenvalue weighted by Gasteiger charge is -2.32. The lowest BCUT2D eigenvalue weighted by molar-refractivity contribution is -0.137. The van der Waals surface area contributed by atoms with Crippen LogP contribution in [0.1, 0.15) is 35.2 Å². The van der Waals surface area contributed by atoms with E-state index in [0.717, 1.165) is 12.1 Å². The Balaban J connectivity index is 1.59. The van der Waals surface area contributed by atoms with Crippen molar-refractivity contribution in [3.05, 3.63) is 53.9 Å². The van der Waals surface area contributed by atoms with E-state index in [2.05, 4.69) is 5.10 Å². The zero-order valence-corrected chi connectivity index (χ0v) is 14.7. The summed E-state index contributed by atoms with van der Waals surface area (Å²) in [7, 11) is 0. The monoisotopic (exact) mass is 379 g/mol. The van der Waals surface area contributed by atoms with Crippen LogP contribution in [-0.2, 0) is 17.5 Å². The molecular weight excluding hydrogens is 359 g/mol. The predicted octanol–water partition coefficient (Wildman–Crippen LogP) is 3.41. The number of piperidine rings is 1. The van der Waals surface area contributed by atoms with E-state index in [1.807, 2.05) is 0 Å². The molecule has 1 aliphatic heterocycles. The number of ketones is 1. The molecule has 3 rings (SSSR count). The van der Waals surface area contributed by atoms with Crippen LogP contribution in [0.25, 0.3) is 0 Å². The molecule has 0 N–H and O–H groups in total. The maximum atomic E-state index is 12.7. The van der Waals surface area contributed by atoms with Gasteiger partial charge in [-0.05, 0) is 31.0 Å². The fourth-order valence-electron chi connectivity index (χ4n) is 3.28. The van der Waals surface area contributed by atoms with Crippen LogP contribution in [0, 0.1) is 5.92 Å². The molecule has 0 spiro atoms. The number of hydrogen-bond donors (Lipinski definition) is 0. The number of aryl methyl sites for hydroxylation is 1. The Bertz CT molecular complexity index is 786. The molecule has 0 bridgehead atoms. The summed E-state index contributed by atoms with van der Waals surface area (Å²) in [5.74, 6) is -0.645. The van der Waals surface area contributed by atoms with Crippen LogP contribution in [0.4, 0.5) is 13.2 Å². The molecule has 2 aromatic rings. The number of rotatable bonds is 5. The Morgan fingerprint density at radius 3 is 2.56 bits per heavy atom. The summed E-state index contributed by atoms with van der Waals surface area (Å²) in [6.45, 7) is 1.37. The second kappa shape index (κ2) is 7.94. The molecule has 1 fully saturated rings. The highest BCUT2D eigenvalue weighted by atomic mass is 19.4. The number of alkyl halides is 3. The predicted molar refractivity (Wildman–Crippen MR) is 91.9 cm³/mol. The highest BCUT2D eigenvalue weighted by Gasteiger charge is 2.32. The molecule has 0 aliphatic carbocycles. The SMILES string of the molecule is O=C(c1ccc(C(F)(F)F)cc1)C1CCCN(C(=O)CCn2cccn2)C1. The zero-order valence-electron chi connectivity index (χ0n) is 14.7. The molecule has 1 aromatic heterocycles. The molecule has 0 radical (unpaired) electrons. The van der Waals surface area contributed by atoms with Gasteiger partial charge in [-0.2, -0.15) is 18.3 Å². The molecule has 0 saturated carbocycles. The normalized spacial score (nSPS) is 17.7. The number of carbonyl (C=O) groups excluding carboxylic acids is 2. The first kappa shape index (κ1) is 19.1. The van der Waals surface area contributed by atoms with Gasteiger partial charge in [0.05, 0.1) is 5.56 Å². The second-order valence-electron chi connectivity index (χ2n) is 6.64. The summed E-state index contributed by atoms with van der Waals surface area (Å²) in [4.78, 5) is 26.7. The highest BCUT2D eigenvalue weighted by Crippen LogP contribution is 2.30. The molecule has 8 heteroatoms. The minimum atomic E-state index is -4.43. The topological polar surface area (TPSA) is 55.2 Å². The van der Waals surface area contributed by atoms with E-state index in [4.69, 9.17) is 0 Å². The molecule has 2 heterocycles. The van der Waals surface area contributed by atoms with E-state index in [9.17, 15) is 22.8 Å². The van der Waals surface area contributed by atoms with Gasteiger partial charge in [0.25, 0.3) is 0 Å². The number of benzene rings is 1. The largest absolute Gasteiger partial charge is 0.416 e. The molecule has 1 aromatic carbocycles. The van der Waals surface area contributed by atoms with Crippen LogP contribution in [-0.4, -0.2) is 39.5 Å². The fraction of sp³-hybridized carbons (Fsp3) is 0.421. The van der Waals surface area contributed by atoms with Crippen LogP contribution in [0.3, 0.4) is 0 Å². The summed E-state index contributed by atoms with van der Waals surface area (Å²) < 4.78 is 39.6. The van der Waals surface area contributed by atoms with E-state index in [1.165, 1.54) is 12.1 Å². The third-order valence-electron chi connectivity index (χ3n) is 4.76. The molecule has 5 nitrogen and oxygen atoms in total. The van der Waals surface area contributed by atoms with Crippen LogP contribution >= 0.6 is 0 Å². The molecule has 27 heavy (non-hydrogen) atoms. The van der Waals surface area contributed by atoms with Gasteiger partial charge in [0.1, 0.15) is 0 Å². The van der Waals surface area contributed by atoms with Crippen LogP contribution < -0.4 is 0 Å². The zero-order chi connectivity index (χ0) is 19.4. The number of hydrogen-bond acceptors (Lipinski definition) is 3. The molecule has 1 saturated heterocycles. The number of nitrogens with zero attached hydrogens (tertiary/aromatic N) is 3. The van der Waals surface area contributed by atoms with Gasteiger partial charge < -0.3 is 4.90 Å². The average Bonchev–Trinajstić information content (AvgIpc) is 3.18. The van der Waals surface area contributed by atoms with Crippen molar-refractivity contribution in [1.82, 2.24) is 14.7 Å². The molecule has 144 valence electrons. The maximum absolute atomic E-state index is 12.7. The Kier molecular flexibility index (Phi) is 5.62. The van der Waals surface area contributed by atoms with Gasteiger partial charge in [-0.1, -0.05) is 12.1 Å². The van der Waals surface area contributed by atoms with Crippen molar-refractivity contribution in [3.8, 4) is 0 Å². The van der Waals surface area contributed by atoms with Gasteiger partial charge in [-0.25, -0.2) is 0 Å². The third kappa shape index (κ3) is 4.75.